The molecule has 3 aromatic rings. The largest absolute Gasteiger partial charge is 0.493 e. The van der Waals surface area contributed by atoms with E-state index in [0.29, 0.717) is 28.6 Å². The molecule has 0 aromatic heterocycles. The maximum absolute atomic E-state index is 13.2. The molecule has 0 aliphatic rings. The van der Waals surface area contributed by atoms with Crippen LogP contribution in [0.4, 0.5) is 4.39 Å². The topological polar surface area (TPSA) is 30.5 Å². The molecule has 28 heavy (non-hydrogen) atoms. The Kier molecular flexibility index (Phi) is 7.31. The van der Waals surface area contributed by atoms with Crippen molar-refractivity contribution < 1.29 is 13.9 Å². The van der Waals surface area contributed by atoms with Crippen LogP contribution in [0.1, 0.15) is 16.7 Å². The molecule has 3 rings (SSSR count). The van der Waals surface area contributed by atoms with Gasteiger partial charge in [0.25, 0.3) is 0 Å². The Hall–Kier alpha value is -2.08. The zero-order valence-corrected chi connectivity index (χ0v) is 17.7. The predicted molar refractivity (Wildman–Crippen MR) is 113 cm³/mol. The van der Waals surface area contributed by atoms with Crippen molar-refractivity contribution in [2.24, 2.45) is 0 Å². The summed E-state index contributed by atoms with van der Waals surface area (Å²) >= 11 is 9.62. The number of benzene rings is 3. The summed E-state index contributed by atoms with van der Waals surface area (Å²) in [5.41, 5.74) is 2.99. The SMILES string of the molecule is COc1cc(CNCc2ccccc2)cc(Br)c1OCc1ccc(F)cc1Cl. The summed E-state index contributed by atoms with van der Waals surface area (Å²) in [6.45, 7) is 1.68. The lowest BCUT2D eigenvalue weighted by molar-refractivity contribution is 0.282. The second kappa shape index (κ2) is 9.92. The number of rotatable bonds is 8. The number of ether oxygens (including phenoxy) is 2. The minimum absolute atomic E-state index is 0.208. The van der Waals surface area contributed by atoms with Gasteiger partial charge in [-0.15, -0.1) is 0 Å². The molecule has 1 N–H and O–H groups in total. The molecular weight excluding hydrogens is 445 g/mol. The van der Waals surface area contributed by atoms with E-state index >= 15 is 0 Å². The third-order valence-corrected chi connectivity index (χ3v) is 5.12. The van der Waals surface area contributed by atoms with E-state index in [2.05, 4.69) is 33.4 Å². The summed E-state index contributed by atoms with van der Waals surface area (Å²) in [4.78, 5) is 0. The Morgan fingerprint density at radius 2 is 1.75 bits per heavy atom. The van der Waals surface area contributed by atoms with Gasteiger partial charge in [-0.25, -0.2) is 4.39 Å². The van der Waals surface area contributed by atoms with Gasteiger partial charge in [0.1, 0.15) is 12.4 Å². The molecule has 0 bridgehead atoms. The maximum atomic E-state index is 13.2. The number of hydrogen-bond donors (Lipinski definition) is 1. The van der Waals surface area contributed by atoms with Gasteiger partial charge in [0.05, 0.1) is 16.6 Å². The normalized spacial score (nSPS) is 10.7. The van der Waals surface area contributed by atoms with E-state index < -0.39 is 0 Å². The van der Waals surface area contributed by atoms with Crippen molar-refractivity contribution in [1.82, 2.24) is 5.32 Å². The highest BCUT2D eigenvalue weighted by Crippen LogP contribution is 2.37. The maximum Gasteiger partial charge on any atom is 0.175 e. The molecule has 0 fully saturated rings. The first-order valence-corrected chi connectivity index (χ1v) is 9.91. The van der Waals surface area contributed by atoms with Crippen LogP contribution in [0.5, 0.6) is 11.5 Å². The highest BCUT2D eigenvalue weighted by Gasteiger charge is 2.13. The zero-order chi connectivity index (χ0) is 19.9. The fourth-order valence-corrected chi connectivity index (χ4v) is 3.58. The average molecular weight is 465 g/mol. The number of methoxy groups -OCH3 is 1. The second-order valence-electron chi connectivity index (χ2n) is 6.22. The van der Waals surface area contributed by atoms with Crippen LogP contribution in [0.2, 0.25) is 5.02 Å². The number of nitrogens with one attached hydrogen (secondary N) is 1. The van der Waals surface area contributed by atoms with Crippen molar-refractivity contribution in [2.45, 2.75) is 19.7 Å². The summed E-state index contributed by atoms with van der Waals surface area (Å²) < 4.78 is 25.4. The number of hydrogen-bond acceptors (Lipinski definition) is 3. The van der Waals surface area contributed by atoms with Gasteiger partial charge in [-0.05, 0) is 51.3 Å². The molecule has 0 spiro atoms. The molecule has 0 aliphatic heterocycles. The van der Waals surface area contributed by atoms with Crippen LogP contribution in [0.3, 0.4) is 0 Å². The summed E-state index contributed by atoms with van der Waals surface area (Å²) in [5, 5.41) is 3.75. The van der Waals surface area contributed by atoms with Crippen molar-refractivity contribution in [3.05, 3.63) is 92.7 Å². The summed E-state index contributed by atoms with van der Waals surface area (Å²) in [6.07, 6.45) is 0. The fraction of sp³-hybridized carbons (Fsp3) is 0.182. The van der Waals surface area contributed by atoms with Crippen molar-refractivity contribution in [2.75, 3.05) is 7.11 Å². The standard InChI is InChI=1S/C22H20BrClFNO2/c1-27-21-10-16(13-26-12-15-5-3-2-4-6-15)9-19(23)22(21)28-14-17-7-8-18(25)11-20(17)24/h2-11,26H,12-14H2,1H3. The van der Waals surface area contributed by atoms with Gasteiger partial charge in [0.15, 0.2) is 11.5 Å². The molecule has 0 aliphatic carbocycles. The van der Waals surface area contributed by atoms with Crippen LogP contribution >= 0.6 is 27.5 Å². The molecule has 0 heterocycles. The smallest absolute Gasteiger partial charge is 0.175 e. The van der Waals surface area contributed by atoms with Gasteiger partial charge in [-0.1, -0.05) is 48.0 Å². The van der Waals surface area contributed by atoms with Gasteiger partial charge in [0, 0.05) is 18.7 Å². The lowest BCUT2D eigenvalue weighted by atomic mass is 10.2. The average Bonchev–Trinajstić information content (AvgIpc) is 2.69. The van der Waals surface area contributed by atoms with Crippen LogP contribution in [0.25, 0.3) is 0 Å². The fourth-order valence-electron chi connectivity index (χ4n) is 2.75. The molecule has 0 saturated carbocycles. The quantitative estimate of drug-likeness (QED) is 0.436. The number of halogens is 3. The first-order chi connectivity index (χ1) is 13.6. The minimum Gasteiger partial charge on any atom is -0.493 e. The molecule has 3 nitrogen and oxygen atoms in total. The van der Waals surface area contributed by atoms with Gasteiger partial charge in [0.2, 0.25) is 0 Å². The van der Waals surface area contributed by atoms with E-state index in [4.69, 9.17) is 21.1 Å². The minimum atomic E-state index is -0.375. The van der Waals surface area contributed by atoms with E-state index in [1.54, 1.807) is 13.2 Å². The van der Waals surface area contributed by atoms with Crippen LogP contribution in [0, 0.1) is 5.82 Å². The Morgan fingerprint density at radius 1 is 1.00 bits per heavy atom. The predicted octanol–water partition coefficient (Wildman–Crippen LogP) is 6.12. The first-order valence-electron chi connectivity index (χ1n) is 8.74. The van der Waals surface area contributed by atoms with Crippen molar-refractivity contribution in [3.63, 3.8) is 0 Å². The van der Waals surface area contributed by atoms with E-state index in [1.165, 1.54) is 17.7 Å². The van der Waals surface area contributed by atoms with Gasteiger partial charge < -0.3 is 14.8 Å². The van der Waals surface area contributed by atoms with Crippen LogP contribution in [-0.4, -0.2) is 7.11 Å². The van der Waals surface area contributed by atoms with Crippen LogP contribution < -0.4 is 14.8 Å². The first kappa shape index (κ1) is 20.6. The summed E-state index contributed by atoms with van der Waals surface area (Å²) in [6, 6.07) is 18.4. The molecule has 146 valence electrons. The Balaban J connectivity index is 1.67. The third-order valence-electron chi connectivity index (χ3n) is 4.18. The van der Waals surface area contributed by atoms with Crippen molar-refractivity contribution >= 4 is 27.5 Å². The molecule has 0 saturated heterocycles. The lowest BCUT2D eigenvalue weighted by Crippen LogP contribution is -2.12. The Labute approximate surface area is 177 Å². The van der Waals surface area contributed by atoms with Gasteiger partial charge >= 0.3 is 0 Å². The molecule has 6 heteroatoms. The van der Waals surface area contributed by atoms with Gasteiger partial charge in [-0.3, -0.25) is 0 Å². The Morgan fingerprint density at radius 3 is 2.46 bits per heavy atom. The summed E-state index contributed by atoms with van der Waals surface area (Å²) in [7, 11) is 1.60. The van der Waals surface area contributed by atoms with Crippen molar-refractivity contribution in [1.29, 1.82) is 0 Å². The highest BCUT2D eigenvalue weighted by atomic mass is 79.9. The third kappa shape index (κ3) is 5.47. The van der Waals surface area contributed by atoms with Crippen molar-refractivity contribution in [3.8, 4) is 11.5 Å². The molecular formula is C22H20BrClFNO2. The molecule has 0 radical (unpaired) electrons. The zero-order valence-electron chi connectivity index (χ0n) is 15.3. The molecule has 0 unspecified atom stereocenters. The molecule has 3 aromatic carbocycles. The van der Waals surface area contributed by atoms with E-state index in [9.17, 15) is 4.39 Å². The van der Waals surface area contributed by atoms with E-state index in [0.717, 1.165) is 16.6 Å². The summed E-state index contributed by atoms with van der Waals surface area (Å²) in [5.74, 6) is 0.818. The second-order valence-corrected chi connectivity index (χ2v) is 7.48. The van der Waals surface area contributed by atoms with Gasteiger partial charge in [-0.2, -0.15) is 0 Å². The van der Waals surface area contributed by atoms with E-state index in [-0.39, 0.29) is 12.4 Å². The van der Waals surface area contributed by atoms with Crippen LogP contribution in [0.15, 0.2) is 65.1 Å². The monoisotopic (exact) mass is 463 g/mol. The van der Waals surface area contributed by atoms with E-state index in [1.807, 2.05) is 30.3 Å². The van der Waals surface area contributed by atoms with Crippen LogP contribution in [-0.2, 0) is 19.7 Å². The molecule has 0 atom stereocenters. The highest BCUT2D eigenvalue weighted by molar-refractivity contribution is 9.10. The lowest BCUT2D eigenvalue weighted by Gasteiger charge is -2.15. The molecule has 0 amide bonds. The Bertz CT molecular complexity index is 937.